The van der Waals surface area contributed by atoms with E-state index in [0.717, 1.165) is 25.7 Å². The normalized spacial score (nSPS) is 17.2. The molecule has 5 rings (SSSR count). The van der Waals surface area contributed by atoms with Crippen LogP contribution in [0.4, 0.5) is 4.39 Å². The molecule has 0 unspecified atom stereocenters. The van der Waals surface area contributed by atoms with Crippen LogP contribution in [0.5, 0.6) is 0 Å². The van der Waals surface area contributed by atoms with Crippen LogP contribution in [0.15, 0.2) is 53.6 Å². The number of benzene rings is 1. The highest BCUT2D eigenvalue weighted by Crippen LogP contribution is 2.28. The molecule has 39 heavy (non-hydrogen) atoms. The number of rotatable bonds is 6. The van der Waals surface area contributed by atoms with Gasteiger partial charge < -0.3 is 10.6 Å². The molecule has 3 heterocycles. The summed E-state index contributed by atoms with van der Waals surface area (Å²) in [4.78, 5) is 46.6. The molecule has 0 spiro atoms. The fraction of sp³-hybridized carbons (Fsp3) is 0.321. The first-order valence-corrected chi connectivity index (χ1v) is 13.1. The predicted octanol–water partition coefficient (Wildman–Crippen LogP) is 4.03. The number of nitrogens with zero attached hydrogens (tertiary/aromatic N) is 4. The van der Waals surface area contributed by atoms with E-state index in [2.05, 4.69) is 20.6 Å². The Balaban J connectivity index is 1.33. The molecule has 0 atom stereocenters. The smallest absolute Gasteiger partial charge is 0.333 e. The number of halogens is 2. The SMILES string of the molecule is CNC(=O)c1ccc(-n2c(=O)n(C[C@H]3CC[C@H](NC(=O)c4cc(Cl)cnc4C)CC3)c3ccc(F)cc32)cn1. The standard InChI is InChI=1S/C28H28ClFN6O3/c1-16-22(11-18(29)13-32-16)26(37)34-20-6-3-17(4-7-20)15-35-24-10-5-19(30)12-25(24)36(28(35)39)21-8-9-23(33-14-21)27(38)31-2/h5,8-14,17,20H,3-4,6-7,15H2,1-2H3,(H,31,38)(H,34,37)/t17-,20-. The molecule has 1 aliphatic rings. The molecule has 4 aromatic rings. The van der Waals surface area contributed by atoms with Crippen LogP contribution in [0, 0.1) is 18.7 Å². The van der Waals surface area contributed by atoms with Gasteiger partial charge in [0, 0.05) is 31.9 Å². The molecule has 2 N–H and O–H groups in total. The van der Waals surface area contributed by atoms with Gasteiger partial charge in [-0.1, -0.05) is 11.6 Å². The largest absolute Gasteiger partial charge is 0.354 e. The minimum Gasteiger partial charge on any atom is -0.354 e. The minimum absolute atomic E-state index is 0.0178. The van der Waals surface area contributed by atoms with E-state index in [4.69, 9.17) is 11.6 Å². The average molecular weight is 551 g/mol. The lowest BCUT2D eigenvalue weighted by atomic mass is 9.85. The Bertz CT molecular complexity index is 1610. The lowest BCUT2D eigenvalue weighted by Gasteiger charge is -2.29. The molecular formula is C28H28ClFN6O3. The maximum absolute atomic E-state index is 14.2. The van der Waals surface area contributed by atoms with Gasteiger partial charge in [0.15, 0.2) is 0 Å². The monoisotopic (exact) mass is 550 g/mol. The summed E-state index contributed by atoms with van der Waals surface area (Å²) in [5.74, 6) is -0.773. The van der Waals surface area contributed by atoms with Crippen molar-refractivity contribution in [1.29, 1.82) is 0 Å². The number of nitrogens with one attached hydrogen (secondary N) is 2. The molecule has 0 saturated heterocycles. The Hall–Kier alpha value is -4.05. The second-order valence-electron chi connectivity index (χ2n) is 9.82. The van der Waals surface area contributed by atoms with E-state index < -0.39 is 5.82 Å². The third kappa shape index (κ3) is 5.42. The van der Waals surface area contributed by atoms with Crippen molar-refractivity contribution < 1.29 is 14.0 Å². The second kappa shape index (κ2) is 11.0. The molecule has 202 valence electrons. The van der Waals surface area contributed by atoms with Gasteiger partial charge in [-0.15, -0.1) is 0 Å². The van der Waals surface area contributed by atoms with Gasteiger partial charge in [0.05, 0.1) is 39.2 Å². The quantitative estimate of drug-likeness (QED) is 0.376. The fourth-order valence-electron chi connectivity index (χ4n) is 5.19. The second-order valence-corrected chi connectivity index (χ2v) is 10.3. The van der Waals surface area contributed by atoms with Gasteiger partial charge in [-0.2, -0.15) is 0 Å². The average Bonchev–Trinajstić information content (AvgIpc) is 3.20. The van der Waals surface area contributed by atoms with Gasteiger partial charge in [-0.05, 0) is 68.9 Å². The number of imidazole rings is 1. The number of carbonyl (C=O) groups excluding carboxylic acids is 2. The number of carbonyl (C=O) groups is 2. The van der Waals surface area contributed by atoms with E-state index in [1.54, 1.807) is 29.7 Å². The van der Waals surface area contributed by atoms with Crippen LogP contribution in [0.3, 0.4) is 0 Å². The number of aromatic nitrogens is 4. The van der Waals surface area contributed by atoms with Gasteiger partial charge >= 0.3 is 5.69 Å². The molecule has 1 aliphatic carbocycles. The van der Waals surface area contributed by atoms with Crippen molar-refractivity contribution >= 4 is 34.4 Å². The Kier molecular flexibility index (Phi) is 7.47. The number of pyridine rings is 2. The van der Waals surface area contributed by atoms with Crippen molar-refractivity contribution in [3.05, 3.63) is 87.1 Å². The Labute approximate surface area is 229 Å². The Morgan fingerprint density at radius 2 is 1.79 bits per heavy atom. The molecule has 1 aromatic carbocycles. The van der Waals surface area contributed by atoms with Crippen LogP contribution in [-0.4, -0.2) is 44.0 Å². The van der Waals surface area contributed by atoms with Crippen molar-refractivity contribution in [1.82, 2.24) is 29.7 Å². The third-order valence-electron chi connectivity index (χ3n) is 7.28. The summed E-state index contributed by atoms with van der Waals surface area (Å²) in [6.45, 7) is 2.24. The zero-order chi connectivity index (χ0) is 27.7. The molecule has 2 amide bonds. The molecule has 3 aromatic heterocycles. The van der Waals surface area contributed by atoms with Gasteiger partial charge in [-0.25, -0.2) is 14.2 Å². The lowest BCUT2D eigenvalue weighted by Crippen LogP contribution is -2.39. The molecular weight excluding hydrogens is 523 g/mol. The molecule has 1 saturated carbocycles. The number of hydrogen-bond acceptors (Lipinski definition) is 5. The van der Waals surface area contributed by atoms with E-state index in [1.165, 1.54) is 42.2 Å². The van der Waals surface area contributed by atoms with Crippen LogP contribution >= 0.6 is 11.6 Å². The number of hydrogen-bond donors (Lipinski definition) is 2. The molecule has 9 nitrogen and oxygen atoms in total. The number of fused-ring (bicyclic) bond motifs is 1. The highest BCUT2D eigenvalue weighted by atomic mass is 35.5. The molecule has 0 radical (unpaired) electrons. The van der Waals surface area contributed by atoms with E-state index in [1.807, 2.05) is 0 Å². The zero-order valence-electron chi connectivity index (χ0n) is 21.6. The highest BCUT2D eigenvalue weighted by Gasteiger charge is 2.26. The Morgan fingerprint density at radius 1 is 1.03 bits per heavy atom. The van der Waals surface area contributed by atoms with E-state index in [0.29, 0.717) is 39.5 Å². The van der Waals surface area contributed by atoms with Crippen LogP contribution in [0.25, 0.3) is 16.7 Å². The fourth-order valence-corrected chi connectivity index (χ4v) is 5.34. The first-order valence-electron chi connectivity index (χ1n) is 12.8. The summed E-state index contributed by atoms with van der Waals surface area (Å²) in [5, 5.41) is 6.01. The van der Waals surface area contributed by atoms with Gasteiger partial charge in [-0.3, -0.25) is 23.7 Å². The van der Waals surface area contributed by atoms with Crippen molar-refractivity contribution in [3.8, 4) is 5.69 Å². The third-order valence-corrected chi connectivity index (χ3v) is 7.48. The molecule has 0 aliphatic heterocycles. The van der Waals surface area contributed by atoms with Crippen molar-refractivity contribution in [2.24, 2.45) is 5.92 Å². The summed E-state index contributed by atoms with van der Waals surface area (Å²) < 4.78 is 17.3. The summed E-state index contributed by atoms with van der Waals surface area (Å²) in [5.41, 5.74) is 2.50. The van der Waals surface area contributed by atoms with E-state index in [9.17, 15) is 18.8 Å². The van der Waals surface area contributed by atoms with E-state index >= 15 is 0 Å². The predicted molar refractivity (Wildman–Crippen MR) is 146 cm³/mol. The summed E-state index contributed by atoms with van der Waals surface area (Å²) in [6, 6.07) is 9.08. The molecule has 0 bridgehead atoms. The first-order chi connectivity index (χ1) is 18.7. The Morgan fingerprint density at radius 3 is 2.49 bits per heavy atom. The van der Waals surface area contributed by atoms with E-state index in [-0.39, 0.29) is 35.2 Å². The maximum Gasteiger partial charge on any atom is 0.333 e. The maximum atomic E-state index is 14.2. The number of amides is 2. The summed E-state index contributed by atoms with van der Waals surface area (Å²) in [6.07, 6.45) is 6.14. The topological polar surface area (TPSA) is 111 Å². The van der Waals surface area contributed by atoms with Crippen molar-refractivity contribution in [2.45, 2.75) is 45.2 Å². The van der Waals surface area contributed by atoms with Crippen molar-refractivity contribution in [3.63, 3.8) is 0 Å². The molecule has 11 heteroatoms. The van der Waals surface area contributed by atoms with Crippen LogP contribution < -0.4 is 16.3 Å². The van der Waals surface area contributed by atoms with Gasteiger partial charge in [0.2, 0.25) is 0 Å². The zero-order valence-corrected chi connectivity index (χ0v) is 22.3. The summed E-state index contributed by atoms with van der Waals surface area (Å²) >= 11 is 6.02. The number of aryl methyl sites for hydroxylation is 1. The van der Waals surface area contributed by atoms with Crippen molar-refractivity contribution in [2.75, 3.05) is 7.05 Å². The highest BCUT2D eigenvalue weighted by molar-refractivity contribution is 6.30. The van der Waals surface area contributed by atoms with Crippen LogP contribution in [0.2, 0.25) is 5.02 Å². The van der Waals surface area contributed by atoms with Gasteiger partial charge in [0.25, 0.3) is 11.8 Å². The van der Waals surface area contributed by atoms with Crippen LogP contribution in [-0.2, 0) is 6.54 Å². The lowest BCUT2D eigenvalue weighted by molar-refractivity contribution is 0.0917. The minimum atomic E-state index is -0.454. The first kappa shape index (κ1) is 26.6. The van der Waals surface area contributed by atoms with Gasteiger partial charge in [0.1, 0.15) is 11.5 Å². The summed E-state index contributed by atoms with van der Waals surface area (Å²) in [7, 11) is 1.51. The van der Waals surface area contributed by atoms with Crippen LogP contribution in [0.1, 0.15) is 52.2 Å². The molecule has 1 fully saturated rings.